The summed E-state index contributed by atoms with van der Waals surface area (Å²) in [5, 5.41) is 2.93. The van der Waals surface area contributed by atoms with Gasteiger partial charge in [0.05, 0.1) is 7.11 Å². The van der Waals surface area contributed by atoms with Gasteiger partial charge in [0.25, 0.3) is 0 Å². The minimum Gasteiger partial charge on any atom is -0.496 e. The van der Waals surface area contributed by atoms with Crippen LogP contribution in [0.3, 0.4) is 0 Å². The summed E-state index contributed by atoms with van der Waals surface area (Å²) in [6.45, 7) is 1.44. The van der Waals surface area contributed by atoms with Crippen molar-refractivity contribution in [1.82, 2.24) is 10.2 Å². The second kappa shape index (κ2) is 8.37. The first-order valence-corrected chi connectivity index (χ1v) is 9.38. The number of nitrogens with zero attached hydrogens (tertiary/aromatic N) is 1. The first-order valence-electron chi connectivity index (χ1n) is 9.38. The number of para-hydroxylation sites is 1. The van der Waals surface area contributed by atoms with Gasteiger partial charge in [-0.15, -0.1) is 0 Å². The quantitative estimate of drug-likeness (QED) is 0.737. The molecule has 2 aliphatic rings. The Bertz CT molecular complexity index is 613. The zero-order valence-electron chi connectivity index (χ0n) is 15.0. The Morgan fingerprint density at radius 2 is 2.04 bits per heavy atom. The lowest BCUT2D eigenvalue weighted by Crippen LogP contribution is -2.37. The van der Waals surface area contributed by atoms with Crippen molar-refractivity contribution in [3.8, 4) is 5.75 Å². The topological polar surface area (TPSA) is 58.6 Å². The number of ether oxygens (including phenoxy) is 1. The molecule has 0 spiro atoms. The van der Waals surface area contributed by atoms with E-state index >= 15 is 0 Å². The van der Waals surface area contributed by atoms with Gasteiger partial charge in [0.1, 0.15) is 5.75 Å². The van der Waals surface area contributed by atoms with Crippen molar-refractivity contribution in [2.24, 2.45) is 5.92 Å². The zero-order valence-corrected chi connectivity index (χ0v) is 15.0. The zero-order chi connectivity index (χ0) is 17.6. The smallest absolute Gasteiger partial charge is 0.223 e. The van der Waals surface area contributed by atoms with E-state index < -0.39 is 0 Å². The highest BCUT2D eigenvalue weighted by Gasteiger charge is 2.30. The van der Waals surface area contributed by atoms with E-state index in [9.17, 15) is 9.59 Å². The summed E-state index contributed by atoms with van der Waals surface area (Å²) in [4.78, 5) is 26.2. The molecule has 25 heavy (non-hydrogen) atoms. The molecule has 136 valence electrons. The fourth-order valence-corrected chi connectivity index (χ4v) is 3.59. The number of benzene rings is 1. The van der Waals surface area contributed by atoms with Crippen LogP contribution in [0.1, 0.15) is 44.1 Å². The molecule has 1 aromatic carbocycles. The molecule has 0 aromatic heterocycles. The number of likely N-dealkylation sites (tertiary alicyclic amines) is 1. The molecule has 1 atom stereocenters. The SMILES string of the molecule is COc1ccccc1C[C@@H]1CCCN1C(=O)CCCNC(=O)C1CC1. The maximum Gasteiger partial charge on any atom is 0.223 e. The standard InChI is InChI=1S/C20H28N2O3/c1-25-18-8-3-2-6-16(18)14-17-7-5-13-22(17)19(23)9-4-12-21-20(24)15-10-11-15/h2-3,6,8,15,17H,4-5,7,9-14H2,1H3,(H,21,24)/t17-/m0/s1. The molecule has 2 fully saturated rings. The Labute approximate surface area is 149 Å². The summed E-state index contributed by atoms with van der Waals surface area (Å²) in [5.41, 5.74) is 1.16. The average Bonchev–Trinajstić information content (AvgIpc) is 3.38. The van der Waals surface area contributed by atoms with E-state index in [0.29, 0.717) is 13.0 Å². The normalized spacial score (nSPS) is 19.7. The second-order valence-corrected chi connectivity index (χ2v) is 7.07. The Hall–Kier alpha value is -2.04. The lowest BCUT2D eigenvalue weighted by molar-refractivity contribution is -0.132. The number of nitrogens with one attached hydrogen (secondary N) is 1. The number of amides is 2. The van der Waals surface area contributed by atoms with Crippen LogP contribution in [0.15, 0.2) is 24.3 Å². The Balaban J connectivity index is 1.46. The van der Waals surface area contributed by atoms with Gasteiger partial charge in [-0.3, -0.25) is 9.59 Å². The van der Waals surface area contributed by atoms with Crippen LogP contribution in [0.5, 0.6) is 5.75 Å². The number of hydrogen-bond acceptors (Lipinski definition) is 3. The van der Waals surface area contributed by atoms with E-state index in [4.69, 9.17) is 4.74 Å². The van der Waals surface area contributed by atoms with Crippen molar-refractivity contribution in [2.45, 2.75) is 51.0 Å². The Kier molecular flexibility index (Phi) is 5.95. The van der Waals surface area contributed by atoms with Crippen LogP contribution < -0.4 is 10.1 Å². The van der Waals surface area contributed by atoms with E-state index in [-0.39, 0.29) is 23.8 Å². The molecule has 3 rings (SSSR count). The van der Waals surface area contributed by atoms with E-state index in [0.717, 1.165) is 56.4 Å². The molecular weight excluding hydrogens is 316 g/mol. The van der Waals surface area contributed by atoms with Crippen molar-refractivity contribution in [3.63, 3.8) is 0 Å². The van der Waals surface area contributed by atoms with Crippen LogP contribution in [0.2, 0.25) is 0 Å². The summed E-state index contributed by atoms with van der Waals surface area (Å²) in [6, 6.07) is 8.29. The van der Waals surface area contributed by atoms with Crippen molar-refractivity contribution in [1.29, 1.82) is 0 Å². The fraction of sp³-hybridized carbons (Fsp3) is 0.600. The van der Waals surface area contributed by atoms with Crippen molar-refractivity contribution in [2.75, 3.05) is 20.2 Å². The molecule has 1 heterocycles. The molecule has 2 amide bonds. The van der Waals surface area contributed by atoms with Gasteiger partial charge in [-0.2, -0.15) is 0 Å². The van der Waals surface area contributed by atoms with Crippen molar-refractivity contribution >= 4 is 11.8 Å². The van der Waals surface area contributed by atoms with E-state index in [2.05, 4.69) is 11.4 Å². The van der Waals surface area contributed by atoms with Gasteiger partial charge in [-0.05, 0) is 50.2 Å². The molecule has 5 heteroatoms. The number of carbonyl (C=O) groups is 2. The average molecular weight is 344 g/mol. The fourth-order valence-electron chi connectivity index (χ4n) is 3.59. The number of rotatable bonds is 8. The van der Waals surface area contributed by atoms with E-state index in [1.54, 1.807) is 7.11 Å². The predicted molar refractivity (Wildman–Crippen MR) is 96.4 cm³/mol. The highest BCUT2D eigenvalue weighted by Crippen LogP contribution is 2.29. The van der Waals surface area contributed by atoms with E-state index in [1.165, 1.54) is 0 Å². The minimum absolute atomic E-state index is 0.155. The summed E-state index contributed by atoms with van der Waals surface area (Å²) in [6.07, 6.45) is 6.20. The summed E-state index contributed by atoms with van der Waals surface area (Å²) in [7, 11) is 1.69. The molecule has 0 unspecified atom stereocenters. The lowest BCUT2D eigenvalue weighted by Gasteiger charge is -2.25. The third-order valence-corrected chi connectivity index (χ3v) is 5.16. The molecule has 0 radical (unpaired) electrons. The van der Waals surface area contributed by atoms with Crippen molar-refractivity contribution in [3.05, 3.63) is 29.8 Å². The van der Waals surface area contributed by atoms with Gasteiger partial charge in [0.2, 0.25) is 11.8 Å². The summed E-state index contributed by atoms with van der Waals surface area (Å²) < 4.78 is 5.43. The molecule has 0 bridgehead atoms. The van der Waals surface area contributed by atoms with Gasteiger partial charge in [-0.25, -0.2) is 0 Å². The van der Waals surface area contributed by atoms with Crippen LogP contribution in [0, 0.1) is 5.92 Å². The first-order chi connectivity index (χ1) is 12.2. The maximum absolute atomic E-state index is 12.6. The van der Waals surface area contributed by atoms with Crippen LogP contribution in [-0.2, 0) is 16.0 Å². The third-order valence-electron chi connectivity index (χ3n) is 5.16. The van der Waals surface area contributed by atoms with Crippen molar-refractivity contribution < 1.29 is 14.3 Å². The first kappa shape index (κ1) is 17.8. The summed E-state index contributed by atoms with van der Waals surface area (Å²) >= 11 is 0. The summed E-state index contributed by atoms with van der Waals surface area (Å²) in [5.74, 6) is 1.49. The lowest BCUT2D eigenvalue weighted by atomic mass is 10.0. The molecule has 1 aromatic rings. The van der Waals surface area contributed by atoms with Gasteiger partial charge < -0.3 is 15.0 Å². The van der Waals surface area contributed by atoms with Gasteiger partial charge in [0.15, 0.2) is 0 Å². The maximum atomic E-state index is 12.6. The van der Waals surface area contributed by atoms with Crippen LogP contribution in [0.4, 0.5) is 0 Å². The molecule has 1 saturated carbocycles. The molecule has 1 saturated heterocycles. The monoisotopic (exact) mass is 344 g/mol. The van der Waals surface area contributed by atoms with Gasteiger partial charge in [0, 0.05) is 31.5 Å². The van der Waals surface area contributed by atoms with Crippen LogP contribution in [0.25, 0.3) is 0 Å². The minimum atomic E-state index is 0.155. The van der Waals surface area contributed by atoms with Gasteiger partial charge >= 0.3 is 0 Å². The Morgan fingerprint density at radius 1 is 1.24 bits per heavy atom. The molecule has 1 N–H and O–H groups in total. The van der Waals surface area contributed by atoms with E-state index in [1.807, 2.05) is 23.1 Å². The molecular formula is C20H28N2O3. The predicted octanol–water partition coefficient (Wildman–Crippen LogP) is 2.54. The Morgan fingerprint density at radius 3 is 2.80 bits per heavy atom. The van der Waals surface area contributed by atoms with Crippen LogP contribution in [-0.4, -0.2) is 43.0 Å². The number of methoxy groups -OCH3 is 1. The van der Waals surface area contributed by atoms with Gasteiger partial charge in [-0.1, -0.05) is 18.2 Å². The van der Waals surface area contributed by atoms with Crippen LogP contribution >= 0.6 is 0 Å². The molecule has 5 nitrogen and oxygen atoms in total. The molecule has 1 aliphatic heterocycles. The molecule has 1 aliphatic carbocycles. The largest absolute Gasteiger partial charge is 0.496 e. The second-order valence-electron chi connectivity index (χ2n) is 7.07. The number of carbonyl (C=O) groups excluding carboxylic acids is 2. The highest BCUT2D eigenvalue weighted by molar-refractivity contribution is 5.81. The third kappa shape index (κ3) is 4.74. The number of hydrogen-bond donors (Lipinski definition) is 1. The highest BCUT2D eigenvalue weighted by atomic mass is 16.5.